The predicted octanol–water partition coefficient (Wildman–Crippen LogP) is 3.95. The van der Waals surface area contributed by atoms with Crippen molar-refractivity contribution in [2.75, 3.05) is 34.5 Å². The van der Waals surface area contributed by atoms with Crippen LogP contribution < -0.4 is 19.5 Å². The summed E-state index contributed by atoms with van der Waals surface area (Å²) < 4.78 is 21.8. The molecule has 0 saturated carbocycles. The summed E-state index contributed by atoms with van der Waals surface area (Å²) in [7, 11) is 4.60. The van der Waals surface area contributed by atoms with Gasteiger partial charge in [0.1, 0.15) is 12.4 Å². The molecule has 0 spiro atoms. The molecule has 1 heterocycles. The number of esters is 1. The van der Waals surface area contributed by atoms with Crippen molar-refractivity contribution in [3.63, 3.8) is 0 Å². The van der Waals surface area contributed by atoms with Crippen molar-refractivity contribution in [3.8, 4) is 17.2 Å². The van der Waals surface area contributed by atoms with Gasteiger partial charge >= 0.3 is 12.0 Å². The molecular weight excluding hydrogens is 436 g/mol. The van der Waals surface area contributed by atoms with Crippen molar-refractivity contribution in [2.24, 2.45) is 0 Å². The molecule has 0 aromatic heterocycles. The fourth-order valence-electron chi connectivity index (χ4n) is 3.37. The van der Waals surface area contributed by atoms with Gasteiger partial charge in [-0.25, -0.2) is 9.59 Å². The number of hydrogen-bond donors (Lipinski definition) is 1. The van der Waals surface area contributed by atoms with Crippen LogP contribution in [0.3, 0.4) is 0 Å². The van der Waals surface area contributed by atoms with Gasteiger partial charge in [0, 0.05) is 7.05 Å². The topological polar surface area (TPSA) is 86.3 Å². The van der Waals surface area contributed by atoms with E-state index in [2.05, 4.69) is 5.32 Å². The largest absolute Gasteiger partial charge is 0.493 e. The molecule has 2 aromatic carbocycles. The highest BCUT2D eigenvalue weighted by Gasteiger charge is 2.37. The number of nitrogens with one attached hydrogen (secondary N) is 1. The molecule has 0 saturated heterocycles. The minimum atomic E-state index is -0.776. The van der Waals surface area contributed by atoms with Gasteiger partial charge in [0.15, 0.2) is 11.5 Å². The monoisotopic (exact) mass is 460 g/mol. The molecule has 1 atom stereocenters. The first-order chi connectivity index (χ1) is 15.4. The molecule has 1 N–H and O–H groups in total. The molecule has 8 nitrogen and oxygen atoms in total. The van der Waals surface area contributed by atoms with Crippen molar-refractivity contribution < 1.29 is 28.5 Å². The van der Waals surface area contributed by atoms with Crippen LogP contribution in [-0.2, 0) is 9.53 Å². The quantitative estimate of drug-likeness (QED) is 0.600. The molecule has 0 unspecified atom stereocenters. The van der Waals surface area contributed by atoms with Crippen LogP contribution in [0.2, 0.25) is 5.02 Å². The average molecular weight is 461 g/mol. The van der Waals surface area contributed by atoms with Crippen LogP contribution in [0, 0.1) is 0 Å². The summed E-state index contributed by atoms with van der Waals surface area (Å²) in [6.07, 6.45) is 0. The third-order valence-electron chi connectivity index (χ3n) is 5.01. The summed E-state index contributed by atoms with van der Waals surface area (Å²) in [5, 5.41) is 3.27. The molecule has 32 heavy (non-hydrogen) atoms. The van der Waals surface area contributed by atoms with E-state index in [1.807, 2.05) is 0 Å². The number of nitrogens with zero attached hydrogens (tertiary/aromatic N) is 1. The molecule has 0 aliphatic carbocycles. The zero-order valence-electron chi connectivity index (χ0n) is 18.3. The van der Waals surface area contributed by atoms with Gasteiger partial charge in [0.05, 0.1) is 43.2 Å². The van der Waals surface area contributed by atoms with Gasteiger partial charge in [-0.15, -0.1) is 0 Å². The Bertz CT molecular complexity index is 1040. The Balaban J connectivity index is 2.08. The number of urea groups is 1. The van der Waals surface area contributed by atoms with Crippen LogP contribution >= 0.6 is 11.6 Å². The normalized spacial score (nSPS) is 15.8. The number of benzene rings is 2. The number of para-hydroxylation sites is 1. The second kappa shape index (κ2) is 10.3. The summed E-state index contributed by atoms with van der Waals surface area (Å²) >= 11 is 6.19. The molecule has 0 bridgehead atoms. The van der Waals surface area contributed by atoms with Gasteiger partial charge in [0.2, 0.25) is 0 Å². The maximum absolute atomic E-state index is 13.0. The van der Waals surface area contributed by atoms with Crippen LogP contribution in [-0.4, -0.2) is 51.4 Å². The SMILES string of the molecule is CCOC(=O)C1=C(COc2ccccc2Cl)N(C)C(=O)N[C@H]1c1ccc(OC)c(OC)c1. The third-order valence-corrected chi connectivity index (χ3v) is 5.33. The minimum Gasteiger partial charge on any atom is -0.493 e. The fraction of sp³-hybridized carbons (Fsp3) is 0.304. The number of rotatable bonds is 8. The second-order valence-corrected chi connectivity index (χ2v) is 7.26. The maximum Gasteiger partial charge on any atom is 0.338 e. The average Bonchev–Trinajstić information content (AvgIpc) is 2.80. The van der Waals surface area contributed by atoms with Gasteiger partial charge in [-0.3, -0.25) is 4.90 Å². The van der Waals surface area contributed by atoms with Crippen LogP contribution in [0.15, 0.2) is 53.7 Å². The standard InChI is InChI=1S/C23H25ClN2O6/c1-5-31-22(27)20-16(13-32-17-9-7-6-8-15(17)24)26(2)23(28)25-21(20)14-10-11-18(29-3)19(12-14)30-4/h6-12,21H,5,13H2,1-4H3,(H,25,28)/t21-/m0/s1. The van der Waals surface area contributed by atoms with Crippen LogP contribution in [0.1, 0.15) is 18.5 Å². The molecule has 170 valence electrons. The Morgan fingerprint density at radius 1 is 1.09 bits per heavy atom. The Morgan fingerprint density at radius 3 is 2.47 bits per heavy atom. The summed E-state index contributed by atoms with van der Waals surface area (Å²) in [5.41, 5.74) is 1.25. The third kappa shape index (κ3) is 4.75. The summed E-state index contributed by atoms with van der Waals surface area (Å²) in [6, 6.07) is 11.0. The highest BCUT2D eigenvalue weighted by Crippen LogP contribution is 2.36. The molecule has 0 fully saturated rings. The Morgan fingerprint density at radius 2 is 1.81 bits per heavy atom. The Kier molecular flexibility index (Phi) is 7.48. The van der Waals surface area contributed by atoms with Crippen molar-refractivity contribution in [2.45, 2.75) is 13.0 Å². The summed E-state index contributed by atoms with van der Waals surface area (Å²) in [4.78, 5) is 27.1. The molecule has 0 radical (unpaired) electrons. The van der Waals surface area contributed by atoms with Crippen molar-refractivity contribution in [1.29, 1.82) is 0 Å². The number of halogens is 1. The van der Waals surface area contributed by atoms with E-state index in [1.54, 1.807) is 56.4 Å². The molecule has 2 aromatic rings. The summed E-state index contributed by atoms with van der Waals surface area (Å²) in [6.45, 7) is 1.83. The van der Waals surface area contributed by atoms with E-state index in [9.17, 15) is 9.59 Å². The van der Waals surface area contributed by atoms with Crippen LogP contribution in [0.4, 0.5) is 4.79 Å². The first kappa shape index (κ1) is 23.3. The molecular formula is C23H25ClN2O6. The zero-order valence-corrected chi connectivity index (χ0v) is 19.1. The number of hydrogen-bond acceptors (Lipinski definition) is 6. The van der Waals surface area contributed by atoms with Crippen LogP contribution in [0.5, 0.6) is 17.2 Å². The first-order valence-corrected chi connectivity index (χ1v) is 10.3. The van der Waals surface area contributed by atoms with E-state index >= 15 is 0 Å². The fourth-order valence-corrected chi connectivity index (χ4v) is 3.56. The number of ether oxygens (including phenoxy) is 4. The lowest BCUT2D eigenvalue weighted by atomic mass is 9.94. The number of amides is 2. The molecule has 1 aliphatic heterocycles. The highest BCUT2D eigenvalue weighted by molar-refractivity contribution is 6.32. The molecule has 3 rings (SSSR count). The number of carbonyl (C=O) groups excluding carboxylic acids is 2. The maximum atomic E-state index is 13.0. The zero-order chi connectivity index (χ0) is 23.3. The predicted molar refractivity (Wildman–Crippen MR) is 119 cm³/mol. The highest BCUT2D eigenvalue weighted by atomic mass is 35.5. The Labute approximate surface area is 191 Å². The second-order valence-electron chi connectivity index (χ2n) is 6.86. The Hall–Kier alpha value is -3.39. The molecule has 2 amide bonds. The lowest BCUT2D eigenvalue weighted by molar-refractivity contribution is -0.139. The number of methoxy groups -OCH3 is 2. The van der Waals surface area contributed by atoms with Gasteiger partial charge in [-0.1, -0.05) is 29.8 Å². The lowest BCUT2D eigenvalue weighted by Gasteiger charge is -2.34. The molecule has 9 heteroatoms. The molecule has 1 aliphatic rings. The van der Waals surface area contributed by atoms with Crippen molar-refractivity contribution >= 4 is 23.6 Å². The minimum absolute atomic E-state index is 0.0639. The van der Waals surface area contributed by atoms with Crippen LogP contribution in [0.25, 0.3) is 0 Å². The lowest BCUT2D eigenvalue weighted by Crippen LogP contribution is -2.48. The summed E-state index contributed by atoms with van der Waals surface area (Å²) in [5.74, 6) is 0.874. The van der Waals surface area contributed by atoms with E-state index < -0.39 is 18.0 Å². The van der Waals surface area contributed by atoms with E-state index in [-0.39, 0.29) is 18.8 Å². The van der Waals surface area contributed by atoms with E-state index in [1.165, 1.54) is 19.1 Å². The smallest absolute Gasteiger partial charge is 0.338 e. The van der Waals surface area contributed by atoms with Gasteiger partial charge in [-0.2, -0.15) is 0 Å². The van der Waals surface area contributed by atoms with Gasteiger partial charge in [0.25, 0.3) is 0 Å². The van der Waals surface area contributed by atoms with E-state index in [4.69, 9.17) is 30.5 Å². The van der Waals surface area contributed by atoms with Crippen molar-refractivity contribution in [1.82, 2.24) is 10.2 Å². The van der Waals surface area contributed by atoms with Crippen molar-refractivity contribution in [3.05, 3.63) is 64.3 Å². The van der Waals surface area contributed by atoms with E-state index in [0.29, 0.717) is 33.5 Å². The number of carbonyl (C=O) groups is 2. The first-order valence-electron chi connectivity index (χ1n) is 9.94. The van der Waals surface area contributed by atoms with E-state index in [0.717, 1.165) is 0 Å². The number of likely N-dealkylation sites (N-methyl/N-ethyl adjacent to an activating group) is 1. The van der Waals surface area contributed by atoms with Gasteiger partial charge < -0.3 is 24.3 Å². The van der Waals surface area contributed by atoms with Gasteiger partial charge in [-0.05, 0) is 36.8 Å².